The summed E-state index contributed by atoms with van der Waals surface area (Å²) in [4.78, 5) is 4.56. The van der Waals surface area contributed by atoms with Gasteiger partial charge in [0.2, 0.25) is 0 Å². The van der Waals surface area contributed by atoms with Gasteiger partial charge in [0, 0.05) is 17.0 Å². The number of rotatable bonds is 3. The van der Waals surface area contributed by atoms with Crippen molar-refractivity contribution in [3.63, 3.8) is 0 Å². The molecule has 1 heterocycles. The third-order valence-corrected chi connectivity index (χ3v) is 4.13. The summed E-state index contributed by atoms with van der Waals surface area (Å²) in [6.07, 6.45) is 2.01. The number of nitrogens with zero attached hydrogens (tertiary/aromatic N) is 2. The third-order valence-electron chi connectivity index (χ3n) is 4.13. The fourth-order valence-electron chi connectivity index (χ4n) is 2.93. The molecule has 6 heteroatoms. The number of imidazole rings is 1. The van der Waals surface area contributed by atoms with E-state index < -0.39 is 6.43 Å². The molecule has 0 radical (unpaired) electrons. The number of nitrogens with two attached hydrogens (primary N) is 2. The van der Waals surface area contributed by atoms with E-state index in [0.717, 1.165) is 18.7 Å². The van der Waals surface area contributed by atoms with Crippen LogP contribution >= 0.6 is 0 Å². The van der Waals surface area contributed by atoms with Crippen LogP contribution in [0.4, 0.5) is 14.6 Å². The molecule has 3 rings (SSSR count). The molecule has 0 unspecified atom stereocenters. The maximum absolute atomic E-state index is 12.6. The van der Waals surface area contributed by atoms with Crippen LogP contribution in [0, 0.1) is 0 Å². The van der Waals surface area contributed by atoms with Crippen molar-refractivity contribution in [1.29, 1.82) is 0 Å². The van der Waals surface area contributed by atoms with Crippen LogP contribution in [-0.2, 0) is 0 Å². The van der Waals surface area contributed by atoms with Crippen LogP contribution < -0.4 is 11.6 Å². The standard InChI is InChI=1S/C15H18F2N4/c16-13(17)10-7-5-9(6-8-10)12-14(18)21(19)15(20-12)11-3-1-2-4-11/h5-8,11,13H,1-4,18-19H2. The van der Waals surface area contributed by atoms with Crippen molar-refractivity contribution in [1.82, 2.24) is 9.66 Å². The van der Waals surface area contributed by atoms with Crippen molar-refractivity contribution in [2.45, 2.75) is 38.0 Å². The van der Waals surface area contributed by atoms with Gasteiger partial charge >= 0.3 is 0 Å². The fourth-order valence-corrected chi connectivity index (χ4v) is 2.93. The first-order valence-electron chi connectivity index (χ1n) is 7.09. The Bertz CT molecular complexity index is 628. The zero-order valence-corrected chi connectivity index (χ0v) is 11.6. The van der Waals surface area contributed by atoms with E-state index in [1.165, 1.54) is 29.7 Å². The molecule has 1 aromatic heterocycles. The van der Waals surface area contributed by atoms with E-state index in [0.29, 0.717) is 23.0 Å². The molecule has 0 atom stereocenters. The van der Waals surface area contributed by atoms with Crippen LogP contribution in [0.2, 0.25) is 0 Å². The van der Waals surface area contributed by atoms with Crippen molar-refractivity contribution in [3.05, 3.63) is 35.7 Å². The predicted octanol–water partition coefficient (Wildman–Crippen LogP) is 3.44. The van der Waals surface area contributed by atoms with Gasteiger partial charge < -0.3 is 11.6 Å². The molecule has 1 saturated carbocycles. The Morgan fingerprint density at radius 2 is 1.76 bits per heavy atom. The summed E-state index contributed by atoms with van der Waals surface area (Å²) >= 11 is 0. The molecular formula is C15H18F2N4. The number of nitrogen functional groups attached to an aromatic ring is 2. The Labute approximate surface area is 121 Å². The molecule has 0 spiro atoms. The van der Waals surface area contributed by atoms with Gasteiger partial charge in [-0.25, -0.2) is 18.4 Å². The van der Waals surface area contributed by atoms with E-state index in [4.69, 9.17) is 11.6 Å². The second-order valence-corrected chi connectivity index (χ2v) is 5.48. The van der Waals surface area contributed by atoms with Crippen LogP contribution in [0.1, 0.15) is 49.4 Å². The highest BCUT2D eigenvalue weighted by atomic mass is 19.3. The first-order chi connectivity index (χ1) is 10.1. The maximum Gasteiger partial charge on any atom is 0.263 e. The summed E-state index contributed by atoms with van der Waals surface area (Å²) in [5.41, 5.74) is 7.29. The van der Waals surface area contributed by atoms with E-state index >= 15 is 0 Å². The van der Waals surface area contributed by atoms with Crippen LogP contribution in [-0.4, -0.2) is 9.66 Å². The Morgan fingerprint density at radius 3 is 2.33 bits per heavy atom. The van der Waals surface area contributed by atoms with Gasteiger partial charge in [-0.15, -0.1) is 0 Å². The number of benzene rings is 1. The summed E-state index contributed by atoms with van der Waals surface area (Å²) in [5.74, 6) is 7.51. The molecule has 1 fully saturated rings. The summed E-state index contributed by atoms with van der Waals surface area (Å²) < 4.78 is 26.6. The summed E-state index contributed by atoms with van der Waals surface area (Å²) in [5, 5.41) is 0. The largest absolute Gasteiger partial charge is 0.382 e. The lowest BCUT2D eigenvalue weighted by Gasteiger charge is -2.08. The van der Waals surface area contributed by atoms with Gasteiger partial charge in [-0.1, -0.05) is 37.1 Å². The average molecular weight is 292 g/mol. The van der Waals surface area contributed by atoms with Gasteiger partial charge in [-0.3, -0.25) is 0 Å². The minimum Gasteiger partial charge on any atom is -0.382 e. The molecule has 21 heavy (non-hydrogen) atoms. The molecule has 2 aromatic rings. The van der Waals surface area contributed by atoms with Gasteiger partial charge in [0.1, 0.15) is 11.5 Å². The molecular weight excluding hydrogens is 274 g/mol. The third kappa shape index (κ3) is 2.46. The van der Waals surface area contributed by atoms with Gasteiger partial charge in [0.05, 0.1) is 0 Å². The number of aromatic nitrogens is 2. The van der Waals surface area contributed by atoms with Crippen molar-refractivity contribution < 1.29 is 8.78 Å². The fraction of sp³-hybridized carbons (Fsp3) is 0.400. The molecule has 1 aliphatic rings. The molecule has 4 nitrogen and oxygen atoms in total. The Morgan fingerprint density at radius 1 is 1.14 bits per heavy atom. The zero-order valence-electron chi connectivity index (χ0n) is 11.6. The molecule has 0 bridgehead atoms. The first-order valence-corrected chi connectivity index (χ1v) is 7.09. The molecule has 1 aliphatic carbocycles. The number of halogens is 2. The molecule has 112 valence electrons. The SMILES string of the molecule is Nc1c(-c2ccc(C(F)F)cc2)nc(C2CCCC2)n1N. The zero-order chi connectivity index (χ0) is 15.0. The van der Waals surface area contributed by atoms with Crippen LogP contribution in [0.15, 0.2) is 24.3 Å². The normalized spacial score (nSPS) is 16.0. The minimum absolute atomic E-state index is 0.0134. The predicted molar refractivity (Wildman–Crippen MR) is 78.4 cm³/mol. The maximum atomic E-state index is 12.6. The number of anilines is 1. The second kappa shape index (κ2) is 5.35. The number of hydrogen-bond donors (Lipinski definition) is 2. The van der Waals surface area contributed by atoms with E-state index in [2.05, 4.69) is 4.98 Å². The lowest BCUT2D eigenvalue weighted by atomic mass is 10.1. The van der Waals surface area contributed by atoms with Crippen LogP contribution in [0.25, 0.3) is 11.3 Å². The smallest absolute Gasteiger partial charge is 0.263 e. The Hall–Kier alpha value is -2.11. The Kier molecular flexibility index (Phi) is 3.53. The van der Waals surface area contributed by atoms with E-state index in [9.17, 15) is 8.78 Å². The van der Waals surface area contributed by atoms with E-state index in [-0.39, 0.29) is 5.56 Å². The monoisotopic (exact) mass is 292 g/mol. The lowest BCUT2D eigenvalue weighted by Crippen LogP contribution is -2.17. The highest BCUT2D eigenvalue weighted by Gasteiger charge is 2.25. The van der Waals surface area contributed by atoms with Crippen molar-refractivity contribution in [3.8, 4) is 11.3 Å². The van der Waals surface area contributed by atoms with Gasteiger partial charge in [-0.2, -0.15) is 0 Å². The van der Waals surface area contributed by atoms with Gasteiger partial charge in [-0.05, 0) is 12.8 Å². The van der Waals surface area contributed by atoms with Crippen molar-refractivity contribution in [2.75, 3.05) is 11.6 Å². The summed E-state index contributed by atoms with van der Waals surface area (Å²) in [6.45, 7) is 0. The first kappa shape index (κ1) is 13.9. The molecule has 4 N–H and O–H groups in total. The lowest BCUT2D eigenvalue weighted by molar-refractivity contribution is 0.151. The van der Waals surface area contributed by atoms with Crippen LogP contribution in [0.5, 0.6) is 0 Å². The van der Waals surface area contributed by atoms with E-state index in [1.807, 2.05) is 0 Å². The van der Waals surface area contributed by atoms with Gasteiger partial charge in [0.15, 0.2) is 5.82 Å². The summed E-state index contributed by atoms with van der Waals surface area (Å²) in [7, 11) is 0. The minimum atomic E-state index is -2.47. The van der Waals surface area contributed by atoms with Crippen molar-refractivity contribution >= 4 is 5.82 Å². The van der Waals surface area contributed by atoms with Crippen molar-refractivity contribution in [2.24, 2.45) is 0 Å². The molecule has 1 aromatic carbocycles. The highest BCUT2D eigenvalue weighted by molar-refractivity contribution is 5.71. The quantitative estimate of drug-likeness (QED) is 0.851. The Balaban J connectivity index is 1.96. The molecule has 0 aliphatic heterocycles. The molecule has 0 amide bonds. The average Bonchev–Trinajstić information content (AvgIpc) is 3.09. The number of alkyl halides is 2. The van der Waals surface area contributed by atoms with Crippen LogP contribution in [0.3, 0.4) is 0 Å². The molecule has 0 saturated heterocycles. The van der Waals surface area contributed by atoms with Gasteiger partial charge in [0.25, 0.3) is 6.43 Å². The summed E-state index contributed by atoms with van der Waals surface area (Å²) in [6, 6.07) is 6.01. The van der Waals surface area contributed by atoms with E-state index in [1.54, 1.807) is 12.1 Å². The second-order valence-electron chi connectivity index (χ2n) is 5.48. The highest BCUT2D eigenvalue weighted by Crippen LogP contribution is 2.36. The topological polar surface area (TPSA) is 69.9 Å². The number of hydrogen-bond acceptors (Lipinski definition) is 3.